The maximum absolute atomic E-state index is 8.49. The predicted octanol–water partition coefficient (Wildman–Crippen LogP) is 0.364. The summed E-state index contributed by atoms with van der Waals surface area (Å²) < 4.78 is 36.8. The van der Waals surface area contributed by atoms with Crippen LogP contribution in [-0.4, -0.2) is 10.2 Å². The lowest BCUT2D eigenvalue weighted by Crippen LogP contribution is -2.68. The van der Waals surface area contributed by atoms with E-state index in [9.17, 15) is 0 Å². The minimum Gasteiger partial charge on any atom is -0.222 e. The number of H-pyrrole nitrogens is 1. The van der Waals surface area contributed by atoms with Crippen LogP contribution in [0.5, 0.6) is 0 Å². The molecular formula is C20H16ClN3O4S2. The van der Waals surface area contributed by atoms with Gasteiger partial charge in [0.05, 0.1) is 5.10 Å². The minimum absolute atomic E-state index is 0.674. The van der Waals surface area contributed by atoms with Gasteiger partial charge in [-0.2, -0.15) is 9.67 Å². The largest absolute Gasteiger partial charge is 0.414 e. The molecule has 2 aromatic heterocycles. The number of pyridine rings is 1. The summed E-state index contributed by atoms with van der Waals surface area (Å²) in [5.74, 6) is 0. The van der Waals surface area contributed by atoms with E-state index in [0.717, 1.165) is 22.1 Å². The summed E-state index contributed by atoms with van der Waals surface area (Å²) >= 11 is 6.70. The second kappa shape index (κ2) is 9.54. The molecule has 2 heterocycles. The van der Waals surface area contributed by atoms with Crippen molar-refractivity contribution in [3.05, 3.63) is 82.4 Å². The molecule has 0 aliphatic heterocycles. The van der Waals surface area contributed by atoms with Crippen LogP contribution >= 0.6 is 23.6 Å². The lowest BCUT2D eigenvalue weighted by atomic mass is 10.0. The Balaban J connectivity index is 0.000000461. The van der Waals surface area contributed by atoms with Gasteiger partial charge in [0.25, 0.3) is 0 Å². The van der Waals surface area contributed by atoms with Gasteiger partial charge in [0.1, 0.15) is 11.4 Å². The number of hydrogen-bond acceptors (Lipinski definition) is 7. The summed E-state index contributed by atoms with van der Waals surface area (Å²) in [7, 11) is -4.94. The Morgan fingerprint density at radius 3 is 1.90 bits per heavy atom. The third kappa shape index (κ3) is 6.00. The number of nitrogens with one attached hydrogen (secondary N) is 1. The van der Waals surface area contributed by atoms with Crippen LogP contribution in [-0.2, 0) is 0 Å². The van der Waals surface area contributed by atoms with Crippen molar-refractivity contribution < 1.29 is 33.4 Å². The second-order valence-electron chi connectivity index (χ2n) is 6.11. The molecule has 0 atom stereocenters. The molecule has 0 saturated heterocycles. The number of rotatable bonds is 3. The SMILES string of the molecule is Cc1cc(-c2ccccc2)cc(-c2ccccc2)[n+]1-c1n[nH]c(=S)s1.[O-][Cl+3]([O-])([O-])[O-]. The molecule has 30 heavy (non-hydrogen) atoms. The van der Waals surface area contributed by atoms with Crippen molar-refractivity contribution in [1.82, 2.24) is 10.2 Å². The molecule has 0 radical (unpaired) electrons. The Morgan fingerprint density at radius 2 is 1.40 bits per heavy atom. The number of benzene rings is 2. The Bertz CT molecular complexity index is 1170. The van der Waals surface area contributed by atoms with Gasteiger partial charge in [-0.25, -0.2) is 18.6 Å². The molecule has 0 saturated carbocycles. The van der Waals surface area contributed by atoms with Gasteiger partial charge in [0.15, 0.2) is 0 Å². The first-order valence-electron chi connectivity index (χ1n) is 8.57. The number of nitrogens with zero attached hydrogens (tertiary/aromatic N) is 2. The third-order valence-corrected chi connectivity index (χ3v) is 5.12. The molecule has 0 unspecified atom stereocenters. The molecule has 0 fully saturated rings. The van der Waals surface area contributed by atoms with E-state index < -0.39 is 10.2 Å². The molecule has 0 bridgehead atoms. The maximum Gasteiger partial charge on any atom is 0.414 e. The van der Waals surface area contributed by atoms with Crippen LogP contribution in [0, 0.1) is 21.1 Å². The first-order chi connectivity index (χ1) is 14.2. The monoisotopic (exact) mass is 461 g/mol. The molecule has 0 aliphatic carbocycles. The zero-order chi connectivity index (χ0) is 21.7. The summed E-state index contributed by atoms with van der Waals surface area (Å²) in [6, 6.07) is 25.2. The quantitative estimate of drug-likeness (QED) is 0.347. The molecule has 0 amide bonds. The van der Waals surface area contributed by atoms with Crippen molar-refractivity contribution in [2.24, 2.45) is 0 Å². The van der Waals surface area contributed by atoms with E-state index in [1.165, 1.54) is 22.5 Å². The lowest BCUT2D eigenvalue weighted by molar-refractivity contribution is -2.00. The van der Waals surface area contributed by atoms with E-state index in [0.29, 0.717) is 3.95 Å². The van der Waals surface area contributed by atoms with Crippen LogP contribution in [0.2, 0.25) is 0 Å². The topological polar surface area (TPSA) is 125 Å². The van der Waals surface area contributed by atoms with E-state index in [1.54, 1.807) is 0 Å². The number of hydrogen-bond donors (Lipinski definition) is 1. The van der Waals surface area contributed by atoms with Crippen LogP contribution in [0.4, 0.5) is 0 Å². The average Bonchev–Trinajstić information content (AvgIpc) is 3.13. The molecule has 4 aromatic rings. The van der Waals surface area contributed by atoms with Gasteiger partial charge in [-0.15, -0.1) is 10.2 Å². The Hall–Kier alpha value is -2.50. The third-order valence-electron chi connectivity index (χ3n) is 4.05. The van der Waals surface area contributed by atoms with Gasteiger partial charge < -0.3 is 0 Å². The van der Waals surface area contributed by atoms with Crippen LogP contribution in [0.15, 0.2) is 72.8 Å². The molecule has 0 aliphatic rings. The summed E-state index contributed by atoms with van der Waals surface area (Å²) in [6.45, 7) is 2.10. The van der Waals surface area contributed by atoms with Gasteiger partial charge in [-0.3, -0.25) is 0 Å². The average molecular weight is 462 g/mol. The van der Waals surface area contributed by atoms with Crippen molar-refractivity contribution >= 4 is 23.6 Å². The van der Waals surface area contributed by atoms with Crippen LogP contribution in [0.25, 0.3) is 27.5 Å². The predicted molar refractivity (Wildman–Crippen MR) is 104 cm³/mol. The van der Waals surface area contributed by atoms with Crippen molar-refractivity contribution in [3.8, 4) is 27.5 Å². The van der Waals surface area contributed by atoms with E-state index in [-0.39, 0.29) is 0 Å². The lowest BCUT2D eigenvalue weighted by Gasteiger charge is -2.17. The molecule has 154 valence electrons. The maximum atomic E-state index is 8.49. The van der Waals surface area contributed by atoms with E-state index in [2.05, 4.69) is 82.4 Å². The van der Waals surface area contributed by atoms with Crippen LogP contribution in [0.3, 0.4) is 0 Å². The first kappa shape index (κ1) is 22.2. The zero-order valence-corrected chi connectivity index (χ0v) is 18.0. The number of aryl methyl sites for hydroxylation is 1. The molecule has 4 rings (SSSR count). The molecule has 10 heteroatoms. The van der Waals surface area contributed by atoms with Crippen molar-refractivity contribution in [1.29, 1.82) is 0 Å². The highest BCUT2D eigenvalue weighted by Gasteiger charge is 2.21. The number of aromatic nitrogens is 3. The first-order valence-corrected chi connectivity index (χ1v) is 11.0. The standard InChI is InChI=1S/C20H15N3S2.ClHO4/c1-14-12-17(15-8-4-2-5-9-15)13-18(16-10-6-3-7-11-16)23(14)19-21-22-20(24)25-19;2-1(3,4)5/h2-13H,1H3;(H,2,3,4,5). The van der Waals surface area contributed by atoms with Gasteiger partial charge >= 0.3 is 5.13 Å². The Labute approximate surface area is 183 Å². The van der Waals surface area contributed by atoms with E-state index in [4.69, 9.17) is 30.9 Å². The Kier molecular flexibility index (Phi) is 7.06. The summed E-state index contributed by atoms with van der Waals surface area (Å²) in [4.78, 5) is 0. The summed E-state index contributed by atoms with van der Waals surface area (Å²) in [5, 5.41) is 8.12. The van der Waals surface area contributed by atoms with E-state index in [1.807, 2.05) is 12.1 Å². The molecule has 0 spiro atoms. The van der Waals surface area contributed by atoms with Gasteiger partial charge in [-0.1, -0.05) is 60.7 Å². The normalized spacial score (nSPS) is 11.0. The highest BCUT2D eigenvalue weighted by molar-refractivity contribution is 7.73. The van der Waals surface area contributed by atoms with Crippen molar-refractivity contribution in [2.45, 2.75) is 6.92 Å². The smallest absolute Gasteiger partial charge is 0.222 e. The fraction of sp³-hybridized carbons (Fsp3) is 0.0500. The van der Waals surface area contributed by atoms with Crippen molar-refractivity contribution in [3.63, 3.8) is 0 Å². The summed E-state index contributed by atoms with van der Waals surface area (Å²) in [6.07, 6.45) is 0. The minimum atomic E-state index is -4.94. The zero-order valence-electron chi connectivity index (χ0n) is 15.7. The fourth-order valence-electron chi connectivity index (χ4n) is 2.92. The van der Waals surface area contributed by atoms with Gasteiger partial charge in [-0.05, 0) is 53.7 Å². The molecule has 2 aromatic carbocycles. The second-order valence-corrected chi connectivity index (χ2v) is 8.51. The van der Waals surface area contributed by atoms with Crippen molar-refractivity contribution in [2.75, 3.05) is 0 Å². The van der Waals surface area contributed by atoms with Gasteiger partial charge in [0.2, 0.25) is 3.95 Å². The van der Waals surface area contributed by atoms with E-state index >= 15 is 0 Å². The highest BCUT2D eigenvalue weighted by atomic mass is 35.7. The Morgan fingerprint density at radius 1 is 0.867 bits per heavy atom. The number of halogens is 1. The molecule has 7 nitrogen and oxygen atoms in total. The van der Waals surface area contributed by atoms with Crippen LogP contribution in [0.1, 0.15) is 5.69 Å². The van der Waals surface area contributed by atoms with Gasteiger partial charge in [0, 0.05) is 5.56 Å². The van der Waals surface area contributed by atoms with Crippen LogP contribution < -0.4 is 23.2 Å². The highest BCUT2D eigenvalue weighted by Crippen LogP contribution is 2.26. The fourth-order valence-corrected chi connectivity index (χ4v) is 3.87. The summed E-state index contributed by atoms with van der Waals surface area (Å²) in [5.41, 5.74) is 5.73. The molecular weight excluding hydrogens is 446 g/mol. The molecule has 1 N–H and O–H groups in total. The number of aromatic amines is 1.